The van der Waals surface area contributed by atoms with Crippen LogP contribution < -0.4 is 5.32 Å². The number of hydrogen-bond acceptors (Lipinski definition) is 3. The highest BCUT2D eigenvalue weighted by Crippen LogP contribution is 2.19. The highest BCUT2D eigenvalue weighted by atomic mass is 127. The van der Waals surface area contributed by atoms with Crippen molar-refractivity contribution >= 4 is 29.9 Å². The van der Waals surface area contributed by atoms with E-state index in [-0.39, 0.29) is 24.0 Å². The second-order valence-electron chi connectivity index (χ2n) is 6.38. The maximum Gasteiger partial charge on any atom is 0.194 e. The lowest BCUT2D eigenvalue weighted by Gasteiger charge is -2.31. The average Bonchev–Trinajstić information content (AvgIpc) is 3.23. The maximum atomic E-state index is 4.47. The molecular weight excluding hydrogens is 451 g/mol. The highest BCUT2D eigenvalue weighted by molar-refractivity contribution is 14.0. The summed E-state index contributed by atoms with van der Waals surface area (Å²) in [6.45, 7) is 2.59. The fourth-order valence-electron chi connectivity index (χ4n) is 3.36. The zero-order valence-corrected chi connectivity index (χ0v) is 17.6. The third-order valence-corrected chi connectivity index (χ3v) is 4.71. The number of nitrogens with zero attached hydrogens (tertiary/aromatic N) is 4. The summed E-state index contributed by atoms with van der Waals surface area (Å²) in [7, 11) is 1.84. The van der Waals surface area contributed by atoms with Crippen molar-refractivity contribution in [2.45, 2.75) is 19.5 Å². The van der Waals surface area contributed by atoms with Gasteiger partial charge in [-0.05, 0) is 29.2 Å². The third-order valence-electron chi connectivity index (χ3n) is 4.71. The molecular formula is C20H23IN6. The van der Waals surface area contributed by atoms with Crippen LogP contribution >= 0.6 is 24.0 Å². The number of fused-ring (bicyclic) bond motifs is 1. The fourth-order valence-corrected chi connectivity index (χ4v) is 3.36. The van der Waals surface area contributed by atoms with Gasteiger partial charge in [0.2, 0.25) is 0 Å². The molecule has 2 N–H and O–H groups in total. The van der Waals surface area contributed by atoms with Gasteiger partial charge < -0.3 is 10.2 Å². The van der Waals surface area contributed by atoms with Crippen molar-refractivity contribution in [3.05, 3.63) is 71.5 Å². The van der Waals surface area contributed by atoms with E-state index in [1.807, 2.05) is 19.2 Å². The minimum Gasteiger partial charge on any atom is -0.352 e. The molecule has 7 heteroatoms. The number of aliphatic imine (C=N–C) groups is 1. The maximum absolute atomic E-state index is 4.47. The number of halogens is 1. The Kier molecular flexibility index (Phi) is 6.44. The molecule has 0 saturated carbocycles. The van der Waals surface area contributed by atoms with Crippen LogP contribution in [0.4, 0.5) is 0 Å². The van der Waals surface area contributed by atoms with E-state index in [1.54, 1.807) is 0 Å². The number of H-pyrrole nitrogens is 1. The van der Waals surface area contributed by atoms with Gasteiger partial charge in [0.25, 0.3) is 0 Å². The van der Waals surface area contributed by atoms with Crippen molar-refractivity contribution in [3.63, 3.8) is 0 Å². The van der Waals surface area contributed by atoms with Gasteiger partial charge in [0, 0.05) is 32.2 Å². The van der Waals surface area contributed by atoms with Crippen molar-refractivity contribution in [2.75, 3.05) is 13.6 Å². The Labute approximate surface area is 176 Å². The first kappa shape index (κ1) is 19.3. The first-order valence-corrected chi connectivity index (χ1v) is 8.80. The van der Waals surface area contributed by atoms with Gasteiger partial charge in [-0.2, -0.15) is 5.10 Å². The van der Waals surface area contributed by atoms with Crippen LogP contribution in [0, 0.1) is 0 Å². The summed E-state index contributed by atoms with van der Waals surface area (Å²) in [6.07, 6.45) is 2.58. The number of aromatic nitrogens is 3. The third kappa shape index (κ3) is 4.47. The SMILES string of the molecule is CN=C(NCc1cccc(-c2ncn[nH]2)c1)N1CCc2ccccc2C1.I. The summed E-state index contributed by atoms with van der Waals surface area (Å²) in [5.74, 6) is 1.72. The normalized spacial score (nSPS) is 13.7. The van der Waals surface area contributed by atoms with Crippen molar-refractivity contribution in [2.24, 2.45) is 4.99 Å². The first-order chi connectivity index (χ1) is 12.8. The monoisotopic (exact) mass is 474 g/mol. The lowest BCUT2D eigenvalue weighted by Crippen LogP contribution is -2.43. The van der Waals surface area contributed by atoms with Crippen LogP contribution in [-0.2, 0) is 19.5 Å². The Balaban J connectivity index is 0.00000210. The molecule has 0 bridgehead atoms. The van der Waals surface area contributed by atoms with Crippen LogP contribution in [0.3, 0.4) is 0 Å². The molecule has 6 nitrogen and oxygen atoms in total. The van der Waals surface area contributed by atoms with Gasteiger partial charge in [-0.25, -0.2) is 4.98 Å². The van der Waals surface area contributed by atoms with Crippen LogP contribution in [0.15, 0.2) is 59.9 Å². The summed E-state index contributed by atoms with van der Waals surface area (Å²) in [5.41, 5.74) is 5.04. The second-order valence-corrected chi connectivity index (χ2v) is 6.38. The standard InChI is InChI=1S/C20H22N6.HI/c1-21-20(26-10-9-16-6-2-3-7-18(16)13-26)22-12-15-5-4-8-17(11-15)19-23-14-24-25-19;/h2-8,11,14H,9-10,12-13H2,1H3,(H,21,22)(H,23,24,25);1H. The molecule has 1 aliphatic heterocycles. The van der Waals surface area contributed by atoms with Gasteiger partial charge in [-0.1, -0.05) is 42.5 Å². The van der Waals surface area contributed by atoms with Gasteiger partial charge in [0.05, 0.1) is 0 Å². The van der Waals surface area contributed by atoms with E-state index in [9.17, 15) is 0 Å². The minimum absolute atomic E-state index is 0. The molecule has 0 amide bonds. The lowest BCUT2D eigenvalue weighted by molar-refractivity contribution is 0.378. The van der Waals surface area contributed by atoms with E-state index >= 15 is 0 Å². The van der Waals surface area contributed by atoms with E-state index in [1.165, 1.54) is 23.0 Å². The molecule has 0 atom stereocenters. The van der Waals surface area contributed by atoms with Crippen molar-refractivity contribution < 1.29 is 0 Å². The molecule has 0 aliphatic carbocycles. The zero-order chi connectivity index (χ0) is 17.8. The number of benzene rings is 2. The molecule has 0 saturated heterocycles. The topological polar surface area (TPSA) is 69.2 Å². The van der Waals surface area contributed by atoms with Gasteiger partial charge >= 0.3 is 0 Å². The van der Waals surface area contributed by atoms with E-state index < -0.39 is 0 Å². The molecule has 3 aromatic rings. The Morgan fingerprint density at radius 3 is 2.81 bits per heavy atom. The fraction of sp³-hybridized carbons (Fsp3) is 0.250. The molecule has 2 heterocycles. The van der Waals surface area contributed by atoms with E-state index in [2.05, 4.69) is 66.8 Å². The first-order valence-electron chi connectivity index (χ1n) is 8.80. The molecule has 140 valence electrons. The van der Waals surface area contributed by atoms with E-state index in [0.717, 1.165) is 36.9 Å². The lowest BCUT2D eigenvalue weighted by atomic mass is 10.0. The number of nitrogens with one attached hydrogen (secondary N) is 2. The second kappa shape index (κ2) is 8.98. The zero-order valence-electron chi connectivity index (χ0n) is 15.2. The van der Waals surface area contributed by atoms with E-state index in [0.29, 0.717) is 6.54 Å². The van der Waals surface area contributed by atoms with Crippen LogP contribution in [-0.4, -0.2) is 39.6 Å². The molecule has 2 aromatic carbocycles. The predicted octanol–water partition coefficient (Wildman–Crippen LogP) is 3.22. The summed E-state index contributed by atoms with van der Waals surface area (Å²) < 4.78 is 0. The Morgan fingerprint density at radius 2 is 2.04 bits per heavy atom. The molecule has 0 fully saturated rings. The van der Waals surface area contributed by atoms with Gasteiger partial charge in [-0.15, -0.1) is 24.0 Å². The van der Waals surface area contributed by atoms with Gasteiger partial charge in [0.1, 0.15) is 6.33 Å². The number of hydrogen-bond donors (Lipinski definition) is 2. The molecule has 0 unspecified atom stereocenters. The summed E-state index contributed by atoms with van der Waals surface area (Å²) >= 11 is 0. The molecule has 27 heavy (non-hydrogen) atoms. The average molecular weight is 474 g/mol. The molecule has 0 spiro atoms. The molecule has 1 aliphatic rings. The quantitative estimate of drug-likeness (QED) is 0.348. The van der Waals surface area contributed by atoms with Crippen LogP contribution in [0.5, 0.6) is 0 Å². The Hall–Kier alpha value is -2.42. The summed E-state index contributed by atoms with van der Waals surface area (Å²) in [5, 5.41) is 10.3. The largest absolute Gasteiger partial charge is 0.352 e. The smallest absolute Gasteiger partial charge is 0.194 e. The molecule has 1 aromatic heterocycles. The van der Waals surface area contributed by atoms with Crippen molar-refractivity contribution in [1.29, 1.82) is 0 Å². The Morgan fingerprint density at radius 1 is 1.19 bits per heavy atom. The van der Waals surface area contributed by atoms with Crippen LogP contribution in [0.2, 0.25) is 0 Å². The minimum atomic E-state index is 0. The Bertz CT molecular complexity index is 906. The number of aromatic amines is 1. The van der Waals surface area contributed by atoms with Crippen LogP contribution in [0.1, 0.15) is 16.7 Å². The van der Waals surface area contributed by atoms with Gasteiger partial charge in [0.15, 0.2) is 11.8 Å². The number of rotatable bonds is 3. The van der Waals surface area contributed by atoms with Gasteiger partial charge in [-0.3, -0.25) is 10.1 Å². The van der Waals surface area contributed by atoms with Crippen LogP contribution in [0.25, 0.3) is 11.4 Å². The van der Waals surface area contributed by atoms with Crippen molar-refractivity contribution in [3.8, 4) is 11.4 Å². The van der Waals surface area contributed by atoms with Crippen molar-refractivity contribution in [1.82, 2.24) is 25.4 Å². The number of guanidine groups is 1. The molecule has 4 rings (SSSR count). The predicted molar refractivity (Wildman–Crippen MR) is 118 cm³/mol. The van der Waals surface area contributed by atoms with E-state index in [4.69, 9.17) is 0 Å². The molecule has 0 radical (unpaired) electrons. The summed E-state index contributed by atoms with van der Waals surface area (Å²) in [6, 6.07) is 16.9. The highest BCUT2D eigenvalue weighted by Gasteiger charge is 2.18. The summed E-state index contributed by atoms with van der Waals surface area (Å²) in [4.78, 5) is 11.0.